The molecule has 0 fully saturated rings. The molecular formula is C9H9N3O3S. The number of nitrogens with zero attached hydrogens (tertiary/aromatic N) is 3. The minimum atomic E-state index is -1.04. The van der Waals surface area contributed by atoms with Crippen molar-refractivity contribution in [1.29, 1.82) is 0 Å². The Balaban J connectivity index is 2.54. The van der Waals surface area contributed by atoms with Gasteiger partial charge in [0.05, 0.1) is 11.4 Å². The Kier molecular flexibility index (Phi) is 2.61. The van der Waals surface area contributed by atoms with Gasteiger partial charge in [0.15, 0.2) is 0 Å². The molecule has 84 valence electrons. The summed E-state index contributed by atoms with van der Waals surface area (Å²) in [6, 6.07) is 1.74. The molecule has 0 spiro atoms. The van der Waals surface area contributed by atoms with Crippen molar-refractivity contribution in [2.24, 2.45) is 7.05 Å². The predicted molar refractivity (Wildman–Crippen MR) is 58.4 cm³/mol. The van der Waals surface area contributed by atoms with E-state index in [9.17, 15) is 9.59 Å². The van der Waals surface area contributed by atoms with Gasteiger partial charge in [0, 0.05) is 18.6 Å². The largest absolute Gasteiger partial charge is 0.480 e. The van der Waals surface area contributed by atoms with Gasteiger partial charge in [-0.2, -0.15) is 5.10 Å². The van der Waals surface area contributed by atoms with Gasteiger partial charge < -0.3 is 5.11 Å². The lowest BCUT2D eigenvalue weighted by atomic mass is 10.3. The maximum Gasteiger partial charge on any atom is 0.323 e. The summed E-state index contributed by atoms with van der Waals surface area (Å²) in [7, 11) is 1.74. The predicted octanol–water partition coefficient (Wildman–Crippen LogP) is 0.395. The van der Waals surface area contributed by atoms with Crippen molar-refractivity contribution >= 4 is 17.3 Å². The van der Waals surface area contributed by atoms with Crippen LogP contribution in [0, 0.1) is 0 Å². The molecule has 2 aromatic heterocycles. The molecule has 1 N–H and O–H groups in total. The molecule has 0 aromatic carbocycles. The molecule has 2 aromatic rings. The van der Waals surface area contributed by atoms with Gasteiger partial charge in [-0.1, -0.05) is 11.3 Å². The lowest BCUT2D eigenvalue weighted by Crippen LogP contribution is -2.20. The molecule has 0 aliphatic heterocycles. The topological polar surface area (TPSA) is 77.1 Å². The standard InChI is InChI=1S/C9H9N3O3S/c1-11-6(2-3-10-11)7-5-16-9(15)12(7)4-8(13)14/h2-3,5H,4H2,1H3,(H,13,14). The molecule has 2 heterocycles. The first-order chi connectivity index (χ1) is 7.59. The van der Waals surface area contributed by atoms with Gasteiger partial charge in [-0.25, -0.2) is 0 Å². The van der Waals surface area contributed by atoms with Crippen LogP contribution in [0.15, 0.2) is 22.4 Å². The summed E-state index contributed by atoms with van der Waals surface area (Å²) in [6.45, 7) is -0.331. The zero-order chi connectivity index (χ0) is 11.7. The Labute approximate surface area is 94.4 Å². The summed E-state index contributed by atoms with van der Waals surface area (Å²) in [4.78, 5) is 21.8. The minimum absolute atomic E-state index is 0.279. The Bertz CT molecular complexity index is 581. The van der Waals surface area contributed by atoms with Crippen LogP contribution >= 0.6 is 11.3 Å². The zero-order valence-corrected chi connectivity index (χ0v) is 9.27. The van der Waals surface area contributed by atoms with Crippen LogP contribution in [0.4, 0.5) is 0 Å². The summed E-state index contributed by atoms with van der Waals surface area (Å²) < 4.78 is 2.82. The fourth-order valence-corrected chi connectivity index (χ4v) is 2.19. The molecule has 0 aliphatic rings. The smallest absolute Gasteiger partial charge is 0.323 e. The first-order valence-corrected chi connectivity index (χ1v) is 5.36. The van der Waals surface area contributed by atoms with Crippen molar-refractivity contribution in [3.8, 4) is 11.4 Å². The average molecular weight is 239 g/mol. The number of hydrogen-bond acceptors (Lipinski definition) is 4. The number of aliphatic carboxylic acids is 1. The van der Waals surface area contributed by atoms with Crippen LogP contribution in [0.1, 0.15) is 0 Å². The van der Waals surface area contributed by atoms with Crippen LogP contribution in [0.25, 0.3) is 11.4 Å². The molecule has 0 amide bonds. The van der Waals surface area contributed by atoms with E-state index in [4.69, 9.17) is 5.11 Å². The highest BCUT2D eigenvalue weighted by atomic mass is 32.1. The molecule has 0 unspecified atom stereocenters. The first-order valence-electron chi connectivity index (χ1n) is 4.48. The Morgan fingerprint density at radius 1 is 1.56 bits per heavy atom. The van der Waals surface area contributed by atoms with E-state index in [1.54, 1.807) is 29.4 Å². The summed E-state index contributed by atoms with van der Waals surface area (Å²) in [5, 5.41) is 14.3. The van der Waals surface area contributed by atoms with Gasteiger partial charge in [-0.15, -0.1) is 0 Å². The van der Waals surface area contributed by atoms with Gasteiger partial charge in [0.25, 0.3) is 0 Å². The third-order valence-corrected chi connectivity index (χ3v) is 2.92. The maximum absolute atomic E-state index is 11.5. The molecule has 2 rings (SSSR count). The summed E-state index contributed by atoms with van der Waals surface area (Å²) >= 11 is 0.983. The second kappa shape index (κ2) is 3.93. The van der Waals surface area contributed by atoms with Crippen LogP contribution in [-0.4, -0.2) is 25.4 Å². The third kappa shape index (κ3) is 1.76. The molecule has 0 saturated heterocycles. The first kappa shape index (κ1) is 10.6. The van der Waals surface area contributed by atoms with Crippen molar-refractivity contribution in [2.45, 2.75) is 6.54 Å². The normalized spacial score (nSPS) is 10.6. The molecule has 7 heteroatoms. The number of aromatic nitrogens is 3. The van der Waals surface area contributed by atoms with Gasteiger partial charge >= 0.3 is 10.8 Å². The average Bonchev–Trinajstić information content (AvgIpc) is 2.75. The fraction of sp³-hybridized carbons (Fsp3) is 0.222. The lowest BCUT2D eigenvalue weighted by Gasteiger charge is -2.04. The number of carbonyl (C=O) groups is 1. The molecule has 0 radical (unpaired) electrons. The Morgan fingerprint density at radius 3 is 2.88 bits per heavy atom. The number of carboxylic acids is 1. The molecule has 6 nitrogen and oxygen atoms in total. The van der Waals surface area contributed by atoms with E-state index in [2.05, 4.69) is 5.10 Å². The van der Waals surface area contributed by atoms with Gasteiger partial charge in [-0.05, 0) is 6.07 Å². The Hall–Kier alpha value is -1.89. The fourth-order valence-electron chi connectivity index (χ4n) is 1.44. The molecular weight excluding hydrogens is 230 g/mol. The van der Waals surface area contributed by atoms with E-state index in [-0.39, 0.29) is 11.4 Å². The van der Waals surface area contributed by atoms with Gasteiger partial charge in [0.1, 0.15) is 6.54 Å². The van der Waals surface area contributed by atoms with Crippen LogP contribution in [0.3, 0.4) is 0 Å². The molecule has 16 heavy (non-hydrogen) atoms. The van der Waals surface area contributed by atoms with Gasteiger partial charge in [-0.3, -0.25) is 18.8 Å². The number of rotatable bonds is 3. The van der Waals surface area contributed by atoms with E-state index in [1.165, 1.54) is 4.57 Å². The summed E-state index contributed by atoms with van der Waals surface area (Å²) in [5.41, 5.74) is 1.30. The van der Waals surface area contributed by atoms with Crippen molar-refractivity contribution in [3.05, 3.63) is 27.3 Å². The molecule has 0 saturated carbocycles. The number of thiazole rings is 1. The zero-order valence-electron chi connectivity index (χ0n) is 8.45. The third-order valence-electron chi connectivity index (χ3n) is 2.16. The highest BCUT2D eigenvalue weighted by Crippen LogP contribution is 2.18. The molecule has 0 atom stereocenters. The summed E-state index contributed by atoms with van der Waals surface area (Å²) in [6.07, 6.45) is 1.60. The Morgan fingerprint density at radius 2 is 2.31 bits per heavy atom. The van der Waals surface area contributed by atoms with Crippen molar-refractivity contribution in [3.63, 3.8) is 0 Å². The van der Waals surface area contributed by atoms with Crippen LogP contribution in [0.2, 0.25) is 0 Å². The van der Waals surface area contributed by atoms with E-state index in [0.29, 0.717) is 5.69 Å². The van der Waals surface area contributed by atoms with E-state index in [1.807, 2.05) is 0 Å². The SMILES string of the molecule is Cn1nccc1-c1csc(=O)n1CC(=O)O. The highest BCUT2D eigenvalue weighted by molar-refractivity contribution is 7.07. The van der Waals surface area contributed by atoms with Crippen LogP contribution < -0.4 is 4.87 Å². The van der Waals surface area contributed by atoms with Crippen molar-refractivity contribution in [2.75, 3.05) is 0 Å². The van der Waals surface area contributed by atoms with E-state index >= 15 is 0 Å². The molecule has 0 bridgehead atoms. The van der Waals surface area contributed by atoms with Crippen LogP contribution in [-0.2, 0) is 18.4 Å². The lowest BCUT2D eigenvalue weighted by molar-refractivity contribution is -0.137. The maximum atomic E-state index is 11.5. The number of carboxylic acid groups (broad SMARTS) is 1. The number of hydrogen-bond donors (Lipinski definition) is 1. The quantitative estimate of drug-likeness (QED) is 0.840. The monoisotopic (exact) mass is 239 g/mol. The molecule has 0 aliphatic carbocycles. The summed E-state index contributed by atoms with van der Waals surface area (Å²) in [5.74, 6) is -1.04. The van der Waals surface area contributed by atoms with E-state index < -0.39 is 5.97 Å². The van der Waals surface area contributed by atoms with Crippen molar-refractivity contribution in [1.82, 2.24) is 14.3 Å². The van der Waals surface area contributed by atoms with Crippen LogP contribution in [0.5, 0.6) is 0 Å². The second-order valence-electron chi connectivity index (χ2n) is 3.21. The van der Waals surface area contributed by atoms with Crippen molar-refractivity contribution < 1.29 is 9.90 Å². The van der Waals surface area contributed by atoms with E-state index in [0.717, 1.165) is 17.0 Å². The van der Waals surface area contributed by atoms with Gasteiger partial charge in [0.2, 0.25) is 0 Å². The number of aryl methyl sites for hydroxylation is 1. The highest BCUT2D eigenvalue weighted by Gasteiger charge is 2.13. The second-order valence-corrected chi connectivity index (χ2v) is 4.03. The minimum Gasteiger partial charge on any atom is -0.480 e.